The first-order valence-corrected chi connectivity index (χ1v) is 14.5. The second kappa shape index (κ2) is 23.1. The molecule has 2 N–H and O–H groups in total. The van der Waals surface area contributed by atoms with Crippen LogP contribution in [0.1, 0.15) is 135 Å². The zero-order valence-corrected chi connectivity index (χ0v) is 20.7. The molecule has 0 fully saturated rings. The zero-order chi connectivity index (χ0) is 21.5. The summed E-state index contributed by atoms with van der Waals surface area (Å²) in [5.74, 6) is 1.05. The van der Waals surface area contributed by atoms with E-state index in [-0.39, 0.29) is 6.61 Å². The second-order valence-electron chi connectivity index (χ2n) is 8.47. The fraction of sp³-hybridized carbons (Fsp3) is 1.00. The molecule has 29 heavy (non-hydrogen) atoms. The van der Waals surface area contributed by atoms with Gasteiger partial charge in [-0.15, -0.1) is 0 Å². The van der Waals surface area contributed by atoms with Crippen molar-refractivity contribution in [1.29, 1.82) is 0 Å². The molecule has 0 saturated heterocycles. The van der Waals surface area contributed by atoms with Gasteiger partial charge in [0.2, 0.25) is 0 Å². The average molecular weight is 453 g/mol. The average Bonchev–Trinajstić information content (AvgIpc) is 2.67. The Hall–Kier alpha value is 0.460. The summed E-state index contributed by atoms with van der Waals surface area (Å²) in [4.78, 5) is 17.2. The van der Waals surface area contributed by atoms with Crippen LogP contribution in [0.15, 0.2) is 0 Å². The molecule has 0 aromatic carbocycles. The SMILES string of the molecule is O=P(O)(O)OCCCCCCCCCCCCCCCCCCCCCCCS. The topological polar surface area (TPSA) is 66.8 Å². The molecule has 176 valence electrons. The summed E-state index contributed by atoms with van der Waals surface area (Å²) in [6.07, 6.45) is 27.7. The molecular weight excluding hydrogens is 403 g/mol. The van der Waals surface area contributed by atoms with E-state index in [1.54, 1.807) is 0 Å². The molecule has 0 atom stereocenters. The Morgan fingerprint density at radius 3 is 0.966 bits per heavy atom. The van der Waals surface area contributed by atoms with Gasteiger partial charge in [0, 0.05) is 0 Å². The van der Waals surface area contributed by atoms with Crippen molar-refractivity contribution in [2.24, 2.45) is 0 Å². The van der Waals surface area contributed by atoms with Crippen LogP contribution in [0.3, 0.4) is 0 Å². The van der Waals surface area contributed by atoms with E-state index in [2.05, 4.69) is 17.2 Å². The van der Waals surface area contributed by atoms with Gasteiger partial charge in [0.15, 0.2) is 0 Å². The van der Waals surface area contributed by atoms with Crippen LogP contribution in [-0.4, -0.2) is 22.1 Å². The van der Waals surface area contributed by atoms with E-state index in [9.17, 15) is 4.57 Å². The van der Waals surface area contributed by atoms with Crippen LogP contribution in [0.4, 0.5) is 0 Å². The van der Waals surface area contributed by atoms with E-state index in [0.29, 0.717) is 0 Å². The number of unbranched alkanes of at least 4 members (excludes halogenated alkanes) is 20. The van der Waals surface area contributed by atoms with Gasteiger partial charge in [-0.1, -0.05) is 122 Å². The van der Waals surface area contributed by atoms with E-state index in [0.717, 1.165) is 25.0 Å². The van der Waals surface area contributed by atoms with Gasteiger partial charge < -0.3 is 9.79 Å². The fourth-order valence-corrected chi connectivity index (χ4v) is 4.35. The van der Waals surface area contributed by atoms with Crippen molar-refractivity contribution in [2.45, 2.75) is 135 Å². The molecule has 0 aliphatic heterocycles. The first kappa shape index (κ1) is 29.5. The predicted octanol–water partition coefficient (Wildman–Crippen LogP) is 8.22. The molecule has 4 nitrogen and oxygen atoms in total. The van der Waals surface area contributed by atoms with Crippen LogP contribution in [-0.2, 0) is 9.09 Å². The van der Waals surface area contributed by atoms with Gasteiger partial charge in [0.25, 0.3) is 0 Å². The second-order valence-corrected chi connectivity index (χ2v) is 10.2. The molecule has 0 aromatic heterocycles. The Balaban J connectivity index is 3.02. The maximum absolute atomic E-state index is 10.5. The molecule has 0 heterocycles. The Morgan fingerprint density at radius 2 is 0.724 bits per heavy atom. The molecule has 0 aliphatic rings. The highest BCUT2D eigenvalue weighted by molar-refractivity contribution is 7.80. The molecule has 0 saturated carbocycles. The molecule has 0 rings (SSSR count). The molecule has 0 unspecified atom stereocenters. The van der Waals surface area contributed by atoms with Crippen molar-refractivity contribution in [3.05, 3.63) is 0 Å². The predicted molar refractivity (Wildman–Crippen MR) is 129 cm³/mol. The Bertz CT molecular complexity index is 363. The van der Waals surface area contributed by atoms with Gasteiger partial charge in [-0.2, -0.15) is 12.6 Å². The number of phosphoric acid groups is 1. The summed E-state index contributed by atoms with van der Waals surface area (Å²) in [7, 11) is -4.26. The third-order valence-corrected chi connectivity index (χ3v) is 6.40. The Kier molecular flexibility index (Phi) is 23.5. The summed E-state index contributed by atoms with van der Waals surface area (Å²) in [6, 6.07) is 0. The van der Waals surface area contributed by atoms with Gasteiger partial charge >= 0.3 is 7.82 Å². The van der Waals surface area contributed by atoms with Gasteiger partial charge in [0.1, 0.15) is 0 Å². The summed E-state index contributed by atoms with van der Waals surface area (Å²) < 4.78 is 15.0. The van der Waals surface area contributed by atoms with E-state index in [1.165, 1.54) is 116 Å². The van der Waals surface area contributed by atoms with Crippen LogP contribution in [0, 0.1) is 0 Å². The van der Waals surface area contributed by atoms with Crippen molar-refractivity contribution in [1.82, 2.24) is 0 Å². The third-order valence-electron chi connectivity index (χ3n) is 5.56. The lowest BCUT2D eigenvalue weighted by atomic mass is 10.0. The summed E-state index contributed by atoms with van der Waals surface area (Å²) in [5, 5.41) is 0. The van der Waals surface area contributed by atoms with Crippen molar-refractivity contribution in [3.8, 4) is 0 Å². The normalized spacial score (nSPS) is 12.0. The summed E-state index contributed by atoms with van der Waals surface area (Å²) >= 11 is 4.25. The molecule has 0 bridgehead atoms. The van der Waals surface area contributed by atoms with Gasteiger partial charge in [-0.3, -0.25) is 4.52 Å². The lowest BCUT2D eigenvalue weighted by Gasteiger charge is -2.05. The van der Waals surface area contributed by atoms with Crippen molar-refractivity contribution in [3.63, 3.8) is 0 Å². The third kappa shape index (κ3) is 28.5. The van der Waals surface area contributed by atoms with E-state index in [1.807, 2.05) is 0 Å². The van der Waals surface area contributed by atoms with E-state index >= 15 is 0 Å². The minimum atomic E-state index is -4.26. The van der Waals surface area contributed by atoms with Crippen molar-refractivity contribution >= 4 is 20.5 Å². The van der Waals surface area contributed by atoms with Crippen LogP contribution >= 0.6 is 20.5 Å². The molecule has 0 amide bonds. The summed E-state index contributed by atoms with van der Waals surface area (Å²) in [5.41, 5.74) is 0. The molecule has 6 heteroatoms. The molecule has 0 aromatic rings. The van der Waals surface area contributed by atoms with Crippen LogP contribution < -0.4 is 0 Å². The number of hydrogen-bond donors (Lipinski definition) is 3. The molecular formula is C23H49O4PS. The highest BCUT2D eigenvalue weighted by Gasteiger charge is 2.12. The monoisotopic (exact) mass is 452 g/mol. The Labute approximate surface area is 186 Å². The fourth-order valence-electron chi connectivity index (χ4n) is 3.76. The highest BCUT2D eigenvalue weighted by Crippen LogP contribution is 2.35. The summed E-state index contributed by atoms with van der Waals surface area (Å²) in [6.45, 7) is 0.168. The van der Waals surface area contributed by atoms with Crippen LogP contribution in [0.2, 0.25) is 0 Å². The van der Waals surface area contributed by atoms with E-state index in [4.69, 9.17) is 9.79 Å². The quantitative estimate of drug-likeness (QED) is 0.0784. The Morgan fingerprint density at radius 1 is 0.483 bits per heavy atom. The van der Waals surface area contributed by atoms with Gasteiger partial charge in [0.05, 0.1) is 6.61 Å². The first-order chi connectivity index (χ1) is 14.1. The number of hydrogen-bond acceptors (Lipinski definition) is 3. The number of rotatable bonds is 24. The molecule has 0 aliphatic carbocycles. The van der Waals surface area contributed by atoms with Crippen molar-refractivity contribution in [2.75, 3.05) is 12.4 Å². The minimum Gasteiger partial charge on any atom is -0.303 e. The minimum absolute atomic E-state index is 0.168. The number of thiol groups is 1. The lowest BCUT2D eigenvalue weighted by molar-refractivity contribution is 0.193. The molecule has 0 spiro atoms. The standard InChI is InChI=1S/C23H49O4PS/c24-28(25,26)27-22-20-18-16-14-12-10-8-6-4-2-1-3-5-7-9-11-13-15-17-19-21-23-29/h29H,1-23H2,(H2,24,25,26). The maximum Gasteiger partial charge on any atom is 0.469 e. The molecule has 0 radical (unpaired) electrons. The van der Waals surface area contributed by atoms with Gasteiger partial charge in [-0.05, 0) is 18.6 Å². The van der Waals surface area contributed by atoms with Crippen molar-refractivity contribution < 1.29 is 18.9 Å². The smallest absolute Gasteiger partial charge is 0.303 e. The van der Waals surface area contributed by atoms with Gasteiger partial charge in [-0.25, -0.2) is 4.57 Å². The largest absolute Gasteiger partial charge is 0.469 e. The zero-order valence-electron chi connectivity index (χ0n) is 18.9. The van der Waals surface area contributed by atoms with Crippen LogP contribution in [0.5, 0.6) is 0 Å². The highest BCUT2D eigenvalue weighted by atomic mass is 32.1. The lowest BCUT2D eigenvalue weighted by Crippen LogP contribution is -1.92. The van der Waals surface area contributed by atoms with E-state index < -0.39 is 7.82 Å². The maximum atomic E-state index is 10.5. The number of phosphoric ester groups is 1. The van der Waals surface area contributed by atoms with Crippen LogP contribution in [0.25, 0.3) is 0 Å². The first-order valence-electron chi connectivity index (χ1n) is 12.4.